The predicted molar refractivity (Wildman–Crippen MR) is 84.8 cm³/mol. The van der Waals surface area contributed by atoms with Crippen molar-refractivity contribution in [1.29, 1.82) is 0 Å². The number of aliphatic hydroxyl groups excluding tert-OH is 1. The number of morpholine rings is 1. The van der Waals surface area contributed by atoms with E-state index in [1.54, 1.807) is 11.3 Å². The minimum Gasteiger partial charge on any atom is -0.394 e. The molecule has 1 aliphatic rings. The first-order chi connectivity index (χ1) is 10.1. The molecule has 2 aromatic heterocycles. The minimum atomic E-state index is -0.184. The average Bonchev–Trinajstić information content (AvgIpc) is 2.90. The molecule has 2 aromatic rings. The number of anilines is 2. The number of fused-ring (bicyclic) bond motifs is 1. The Morgan fingerprint density at radius 1 is 1.52 bits per heavy atom. The van der Waals surface area contributed by atoms with Gasteiger partial charge in [0.05, 0.1) is 30.7 Å². The van der Waals surface area contributed by atoms with Crippen LogP contribution >= 0.6 is 11.3 Å². The molecule has 2 atom stereocenters. The summed E-state index contributed by atoms with van der Waals surface area (Å²) in [5.74, 6) is 1.14. The molecule has 1 fully saturated rings. The summed E-state index contributed by atoms with van der Waals surface area (Å²) in [7, 11) is 0. The van der Waals surface area contributed by atoms with E-state index in [4.69, 9.17) is 10.5 Å². The zero-order valence-electron chi connectivity index (χ0n) is 12.2. The van der Waals surface area contributed by atoms with Gasteiger partial charge in [0.2, 0.25) is 5.95 Å². The first-order valence-corrected chi connectivity index (χ1v) is 7.99. The largest absolute Gasteiger partial charge is 0.394 e. The Morgan fingerprint density at radius 2 is 2.33 bits per heavy atom. The van der Waals surface area contributed by atoms with Crippen LogP contribution in [0.1, 0.15) is 18.7 Å². The highest BCUT2D eigenvalue weighted by atomic mass is 32.1. The summed E-state index contributed by atoms with van der Waals surface area (Å²) in [5, 5.41) is 10.4. The van der Waals surface area contributed by atoms with Crippen LogP contribution < -0.4 is 10.6 Å². The number of nitrogen functional groups attached to an aromatic ring is 1. The van der Waals surface area contributed by atoms with Gasteiger partial charge in [0.1, 0.15) is 10.6 Å². The second-order valence-corrected chi connectivity index (χ2v) is 6.45. The van der Waals surface area contributed by atoms with Gasteiger partial charge in [-0.05, 0) is 19.4 Å². The number of rotatable bonds is 3. The van der Waals surface area contributed by atoms with E-state index in [0.717, 1.165) is 22.5 Å². The maximum absolute atomic E-state index is 9.34. The molecule has 7 heteroatoms. The lowest BCUT2D eigenvalue weighted by Crippen LogP contribution is -2.50. The van der Waals surface area contributed by atoms with Crippen LogP contribution in [0.15, 0.2) is 6.07 Å². The van der Waals surface area contributed by atoms with Gasteiger partial charge in [-0.2, -0.15) is 4.98 Å². The summed E-state index contributed by atoms with van der Waals surface area (Å²) in [4.78, 5) is 13.2. The average molecular weight is 308 g/mol. The molecule has 0 aromatic carbocycles. The molecule has 0 radical (unpaired) electrons. The van der Waals surface area contributed by atoms with Crippen molar-refractivity contribution in [2.75, 3.05) is 30.4 Å². The van der Waals surface area contributed by atoms with Crippen LogP contribution in [0.2, 0.25) is 0 Å². The molecular weight excluding hydrogens is 288 g/mol. The Bertz CT molecular complexity index is 645. The SMILES string of the molecule is CCc1cc2c(N3CC(CO)OCC3C)nc(N)nc2s1. The third kappa shape index (κ3) is 2.68. The Morgan fingerprint density at radius 3 is 3.05 bits per heavy atom. The summed E-state index contributed by atoms with van der Waals surface area (Å²) < 4.78 is 5.60. The lowest BCUT2D eigenvalue weighted by molar-refractivity contribution is -0.0104. The summed E-state index contributed by atoms with van der Waals surface area (Å²) in [6.07, 6.45) is 0.787. The van der Waals surface area contributed by atoms with Crippen LogP contribution in [-0.4, -0.2) is 47.0 Å². The van der Waals surface area contributed by atoms with Gasteiger partial charge in [0.15, 0.2) is 0 Å². The monoisotopic (exact) mass is 308 g/mol. The van der Waals surface area contributed by atoms with E-state index >= 15 is 0 Å². The molecular formula is C14H20N4O2S. The topological polar surface area (TPSA) is 84.5 Å². The lowest BCUT2D eigenvalue weighted by atomic mass is 10.2. The standard InChI is InChI=1S/C14H20N4O2S/c1-3-10-4-11-12(16-14(15)17-13(11)21-10)18-5-9(6-19)20-7-8(18)2/h4,8-9,19H,3,5-7H2,1-2H3,(H2,15,16,17). The summed E-state index contributed by atoms with van der Waals surface area (Å²) in [5.41, 5.74) is 5.87. The second-order valence-electron chi connectivity index (χ2n) is 5.33. The molecule has 3 N–H and O–H groups in total. The third-order valence-electron chi connectivity index (χ3n) is 3.77. The number of hydrogen-bond acceptors (Lipinski definition) is 7. The van der Waals surface area contributed by atoms with Gasteiger partial charge < -0.3 is 20.5 Å². The molecule has 114 valence electrons. The number of aliphatic hydroxyl groups is 1. The minimum absolute atomic E-state index is 0.0107. The van der Waals surface area contributed by atoms with Crippen LogP contribution in [0.4, 0.5) is 11.8 Å². The first-order valence-electron chi connectivity index (χ1n) is 7.17. The van der Waals surface area contributed by atoms with Crippen molar-refractivity contribution in [3.8, 4) is 0 Å². The number of thiophene rings is 1. The highest BCUT2D eigenvalue weighted by Crippen LogP contribution is 2.33. The molecule has 3 heterocycles. The van der Waals surface area contributed by atoms with Crippen molar-refractivity contribution >= 4 is 33.3 Å². The van der Waals surface area contributed by atoms with Crippen molar-refractivity contribution < 1.29 is 9.84 Å². The maximum atomic E-state index is 9.34. The molecule has 0 spiro atoms. The molecule has 3 rings (SSSR count). The smallest absolute Gasteiger partial charge is 0.223 e. The number of ether oxygens (including phenoxy) is 1. The van der Waals surface area contributed by atoms with E-state index < -0.39 is 0 Å². The van der Waals surface area contributed by atoms with Crippen LogP contribution in [0, 0.1) is 0 Å². The van der Waals surface area contributed by atoms with Gasteiger partial charge in [-0.3, -0.25) is 0 Å². The van der Waals surface area contributed by atoms with Gasteiger partial charge in [-0.25, -0.2) is 4.98 Å². The van der Waals surface area contributed by atoms with Crippen LogP contribution in [0.5, 0.6) is 0 Å². The number of nitrogens with zero attached hydrogens (tertiary/aromatic N) is 3. The number of aryl methyl sites for hydroxylation is 1. The van der Waals surface area contributed by atoms with Crippen LogP contribution in [-0.2, 0) is 11.2 Å². The third-order valence-corrected chi connectivity index (χ3v) is 4.94. The van der Waals surface area contributed by atoms with Crippen LogP contribution in [0.3, 0.4) is 0 Å². The van der Waals surface area contributed by atoms with E-state index in [2.05, 4.69) is 34.8 Å². The van der Waals surface area contributed by atoms with Gasteiger partial charge >= 0.3 is 0 Å². The normalized spacial score (nSPS) is 22.9. The summed E-state index contributed by atoms with van der Waals surface area (Å²) in [6.45, 7) is 5.41. The molecule has 21 heavy (non-hydrogen) atoms. The zero-order chi connectivity index (χ0) is 15.0. The van der Waals surface area contributed by atoms with Crippen molar-refractivity contribution in [3.63, 3.8) is 0 Å². The van der Waals surface area contributed by atoms with Gasteiger partial charge in [0, 0.05) is 11.4 Å². The molecule has 0 aliphatic carbocycles. The molecule has 0 amide bonds. The second kappa shape index (κ2) is 5.75. The Kier molecular flexibility index (Phi) is 3.97. The van der Waals surface area contributed by atoms with Crippen molar-refractivity contribution in [2.24, 2.45) is 0 Å². The highest BCUT2D eigenvalue weighted by Gasteiger charge is 2.28. The Labute approximate surface area is 127 Å². The van der Waals surface area contributed by atoms with E-state index in [9.17, 15) is 5.11 Å². The zero-order valence-corrected chi connectivity index (χ0v) is 13.1. The first kappa shape index (κ1) is 14.5. The maximum Gasteiger partial charge on any atom is 0.223 e. The highest BCUT2D eigenvalue weighted by molar-refractivity contribution is 7.18. The molecule has 0 bridgehead atoms. The summed E-state index contributed by atoms with van der Waals surface area (Å²) >= 11 is 1.66. The fraction of sp³-hybridized carbons (Fsp3) is 0.571. The number of hydrogen-bond donors (Lipinski definition) is 2. The molecule has 1 saturated heterocycles. The lowest BCUT2D eigenvalue weighted by Gasteiger charge is -2.38. The molecule has 6 nitrogen and oxygen atoms in total. The van der Waals surface area contributed by atoms with Crippen molar-refractivity contribution in [3.05, 3.63) is 10.9 Å². The Balaban J connectivity index is 2.07. The molecule has 0 saturated carbocycles. The summed E-state index contributed by atoms with van der Waals surface area (Å²) in [6, 6.07) is 2.33. The quantitative estimate of drug-likeness (QED) is 0.892. The molecule has 1 aliphatic heterocycles. The van der Waals surface area contributed by atoms with Crippen LogP contribution in [0.25, 0.3) is 10.2 Å². The van der Waals surface area contributed by atoms with Gasteiger partial charge in [-0.1, -0.05) is 6.92 Å². The number of nitrogens with two attached hydrogens (primary N) is 1. The van der Waals surface area contributed by atoms with E-state index in [-0.39, 0.29) is 18.8 Å². The van der Waals surface area contributed by atoms with E-state index in [1.165, 1.54) is 4.88 Å². The predicted octanol–water partition coefficient (Wildman–Crippen LogP) is 1.42. The van der Waals surface area contributed by atoms with Gasteiger partial charge in [-0.15, -0.1) is 11.3 Å². The van der Waals surface area contributed by atoms with E-state index in [0.29, 0.717) is 19.1 Å². The molecule has 2 unspecified atom stereocenters. The van der Waals surface area contributed by atoms with Crippen molar-refractivity contribution in [2.45, 2.75) is 32.4 Å². The number of aromatic nitrogens is 2. The Hall–Kier alpha value is -1.44. The fourth-order valence-corrected chi connectivity index (χ4v) is 3.56. The van der Waals surface area contributed by atoms with E-state index in [1.807, 2.05) is 0 Å². The van der Waals surface area contributed by atoms with Gasteiger partial charge in [0.25, 0.3) is 0 Å². The fourth-order valence-electron chi connectivity index (χ4n) is 2.59. The van der Waals surface area contributed by atoms with Crippen molar-refractivity contribution in [1.82, 2.24) is 9.97 Å².